The molecule has 3 heteroatoms. The van der Waals surface area contributed by atoms with Gasteiger partial charge in [-0.1, -0.05) is 0 Å². The van der Waals surface area contributed by atoms with Crippen LogP contribution < -0.4 is 9.47 Å². The molecule has 1 aromatic rings. The van der Waals surface area contributed by atoms with Gasteiger partial charge < -0.3 is 14.6 Å². The molecule has 0 atom stereocenters. The highest BCUT2D eigenvalue weighted by atomic mass is 16.6. The van der Waals surface area contributed by atoms with E-state index in [9.17, 15) is 0 Å². The summed E-state index contributed by atoms with van der Waals surface area (Å²) in [4.78, 5) is 0. The lowest BCUT2D eigenvalue weighted by Gasteiger charge is -2.02. The summed E-state index contributed by atoms with van der Waals surface area (Å²) in [5.41, 5.74) is 0. The fourth-order valence-electron chi connectivity index (χ4n) is 0.746. The highest BCUT2D eigenvalue weighted by Crippen LogP contribution is 2.16. The number of ether oxygens (including phenoxy) is 2. The summed E-state index contributed by atoms with van der Waals surface area (Å²) in [6, 6.07) is 7.00. The van der Waals surface area contributed by atoms with Crippen LogP contribution in [0.5, 0.6) is 11.5 Å². The van der Waals surface area contributed by atoms with Crippen LogP contribution in [0.25, 0.3) is 0 Å². The van der Waals surface area contributed by atoms with Gasteiger partial charge in [0.05, 0.1) is 7.11 Å². The molecule has 0 bridgehead atoms. The lowest BCUT2D eigenvalue weighted by molar-refractivity contribution is 0.0985. The number of benzene rings is 1. The van der Waals surface area contributed by atoms with E-state index in [0.717, 1.165) is 5.75 Å². The fraction of sp³-hybridized carbons (Fsp3) is 0.250. The molecular weight excluding hydrogens is 144 g/mol. The number of hydrogen-bond donors (Lipinski definition) is 1. The van der Waals surface area contributed by atoms with Crippen molar-refractivity contribution in [3.05, 3.63) is 24.3 Å². The van der Waals surface area contributed by atoms with Crippen molar-refractivity contribution >= 4 is 0 Å². The van der Waals surface area contributed by atoms with Crippen molar-refractivity contribution in [2.75, 3.05) is 13.9 Å². The first-order chi connectivity index (χ1) is 5.36. The van der Waals surface area contributed by atoms with Crippen LogP contribution in [0.3, 0.4) is 0 Å². The molecule has 1 rings (SSSR count). The summed E-state index contributed by atoms with van der Waals surface area (Å²) in [5, 5.41) is 8.39. The maximum atomic E-state index is 8.39. The van der Waals surface area contributed by atoms with Gasteiger partial charge in [-0.05, 0) is 24.3 Å². The Labute approximate surface area is 65.2 Å². The van der Waals surface area contributed by atoms with Crippen molar-refractivity contribution in [1.82, 2.24) is 0 Å². The van der Waals surface area contributed by atoms with Crippen LogP contribution in [0, 0.1) is 0 Å². The first kappa shape index (κ1) is 7.88. The molecule has 0 aliphatic carbocycles. The summed E-state index contributed by atoms with van der Waals surface area (Å²) in [6.07, 6.45) is 0. The van der Waals surface area contributed by atoms with E-state index in [1.807, 2.05) is 0 Å². The van der Waals surface area contributed by atoms with E-state index in [2.05, 4.69) is 0 Å². The molecule has 1 aromatic carbocycles. The Kier molecular flexibility index (Phi) is 2.74. The van der Waals surface area contributed by atoms with Gasteiger partial charge in [0.25, 0.3) is 0 Å². The number of aliphatic hydroxyl groups excluding tert-OH is 1. The van der Waals surface area contributed by atoms with Crippen LogP contribution in [0.15, 0.2) is 24.3 Å². The zero-order chi connectivity index (χ0) is 8.10. The van der Waals surface area contributed by atoms with Gasteiger partial charge in [-0.2, -0.15) is 0 Å². The highest BCUT2D eigenvalue weighted by molar-refractivity contribution is 5.30. The number of rotatable bonds is 3. The lowest BCUT2D eigenvalue weighted by atomic mass is 10.3. The Bertz CT molecular complexity index is 205. The molecule has 11 heavy (non-hydrogen) atoms. The standard InChI is InChI=1S/C8H10O3/c1-10-7-2-4-8(5-3-7)11-6-9/h2-5,9H,6H2,1H3. The molecule has 0 spiro atoms. The molecule has 0 heterocycles. The van der Waals surface area contributed by atoms with Gasteiger partial charge in [-0.3, -0.25) is 0 Å². The first-order valence-corrected chi connectivity index (χ1v) is 3.24. The zero-order valence-corrected chi connectivity index (χ0v) is 6.28. The Hall–Kier alpha value is -1.22. The molecule has 0 unspecified atom stereocenters. The molecule has 60 valence electrons. The molecule has 0 saturated carbocycles. The molecule has 3 nitrogen and oxygen atoms in total. The number of hydrogen-bond acceptors (Lipinski definition) is 3. The topological polar surface area (TPSA) is 38.7 Å². The van der Waals surface area contributed by atoms with Crippen molar-refractivity contribution in [1.29, 1.82) is 0 Å². The second-order valence-corrected chi connectivity index (χ2v) is 1.95. The summed E-state index contributed by atoms with van der Waals surface area (Å²) in [7, 11) is 1.60. The minimum atomic E-state index is -0.299. The third-order valence-electron chi connectivity index (χ3n) is 1.29. The molecule has 0 aromatic heterocycles. The van der Waals surface area contributed by atoms with Crippen LogP contribution in [-0.2, 0) is 0 Å². The van der Waals surface area contributed by atoms with Gasteiger partial charge >= 0.3 is 0 Å². The molecular formula is C8H10O3. The Morgan fingerprint density at radius 3 is 2.18 bits per heavy atom. The SMILES string of the molecule is COc1ccc(OCO)cc1. The van der Waals surface area contributed by atoms with Gasteiger partial charge in [-0.25, -0.2) is 0 Å². The van der Waals surface area contributed by atoms with Crippen LogP contribution in [0.2, 0.25) is 0 Å². The molecule has 0 aliphatic rings. The average Bonchev–Trinajstić information content (AvgIpc) is 2.07. The zero-order valence-electron chi connectivity index (χ0n) is 6.28. The predicted octanol–water partition coefficient (Wildman–Crippen LogP) is 1.02. The van der Waals surface area contributed by atoms with E-state index >= 15 is 0 Å². The second-order valence-electron chi connectivity index (χ2n) is 1.95. The van der Waals surface area contributed by atoms with Gasteiger partial charge in [0.1, 0.15) is 11.5 Å². The lowest BCUT2D eigenvalue weighted by Crippen LogP contribution is -1.93. The maximum absolute atomic E-state index is 8.39. The minimum absolute atomic E-state index is 0.299. The van der Waals surface area contributed by atoms with Gasteiger partial charge in [0, 0.05) is 0 Å². The summed E-state index contributed by atoms with van der Waals surface area (Å²) in [6.45, 7) is -0.299. The summed E-state index contributed by atoms with van der Waals surface area (Å²) < 4.78 is 9.73. The van der Waals surface area contributed by atoms with Crippen molar-refractivity contribution in [3.63, 3.8) is 0 Å². The van der Waals surface area contributed by atoms with Gasteiger partial charge in [0.2, 0.25) is 0 Å². The Morgan fingerprint density at radius 2 is 1.73 bits per heavy atom. The highest BCUT2D eigenvalue weighted by Gasteiger charge is 1.92. The molecule has 0 saturated heterocycles. The van der Waals surface area contributed by atoms with Crippen molar-refractivity contribution in [2.45, 2.75) is 0 Å². The van der Waals surface area contributed by atoms with Gasteiger partial charge in [0.15, 0.2) is 6.79 Å². The largest absolute Gasteiger partial charge is 0.497 e. The average molecular weight is 154 g/mol. The molecule has 1 N–H and O–H groups in total. The summed E-state index contributed by atoms with van der Waals surface area (Å²) in [5.74, 6) is 1.41. The Morgan fingerprint density at radius 1 is 1.18 bits per heavy atom. The van der Waals surface area contributed by atoms with Gasteiger partial charge in [-0.15, -0.1) is 0 Å². The minimum Gasteiger partial charge on any atom is -0.497 e. The smallest absolute Gasteiger partial charge is 0.186 e. The molecule has 0 aliphatic heterocycles. The van der Waals surface area contributed by atoms with Crippen LogP contribution in [-0.4, -0.2) is 19.0 Å². The second kappa shape index (κ2) is 3.83. The quantitative estimate of drug-likeness (QED) is 0.661. The fourth-order valence-corrected chi connectivity index (χ4v) is 0.746. The van der Waals surface area contributed by atoms with Crippen molar-refractivity contribution < 1.29 is 14.6 Å². The van der Waals surface area contributed by atoms with Crippen LogP contribution >= 0.6 is 0 Å². The molecule has 0 fully saturated rings. The van der Waals surface area contributed by atoms with E-state index in [0.29, 0.717) is 5.75 Å². The van der Waals surface area contributed by atoms with Crippen LogP contribution in [0.1, 0.15) is 0 Å². The Balaban J connectivity index is 2.66. The van der Waals surface area contributed by atoms with Crippen LogP contribution in [0.4, 0.5) is 0 Å². The monoisotopic (exact) mass is 154 g/mol. The summed E-state index contributed by atoms with van der Waals surface area (Å²) >= 11 is 0. The third-order valence-corrected chi connectivity index (χ3v) is 1.29. The molecule has 0 amide bonds. The van der Waals surface area contributed by atoms with Crippen molar-refractivity contribution in [2.24, 2.45) is 0 Å². The van der Waals surface area contributed by atoms with E-state index in [4.69, 9.17) is 14.6 Å². The number of aliphatic hydroxyl groups is 1. The first-order valence-electron chi connectivity index (χ1n) is 3.24. The van der Waals surface area contributed by atoms with E-state index in [1.165, 1.54) is 0 Å². The third kappa shape index (κ3) is 2.13. The normalized spacial score (nSPS) is 9.27. The molecule has 0 radical (unpaired) electrons. The van der Waals surface area contributed by atoms with E-state index < -0.39 is 0 Å². The van der Waals surface area contributed by atoms with E-state index in [1.54, 1.807) is 31.4 Å². The van der Waals surface area contributed by atoms with E-state index in [-0.39, 0.29) is 6.79 Å². The number of methoxy groups -OCH3 is 1. The van der Waals surface area contributed by atoms with Crippen molar-refractivity contribution in [3.8, 4) is 11.5 Å². The maximum Gasteiger partial charge on any atom is 0.186 e. The predicted molar refractivity (Wildman–Crippen MR) is 40.7 cm³/mol.